The third-order valence-corrected chi connectivity index (χ3v) is 5.59. The number of hydrogen-bond acceptors (Lipinski definition) is 6. The second kappa shape index (κ2) is 7.72. The van der Waals surface area contributed by atoms with Crippen molar-refractivity contribution in [2.45, 2.75) is 26.8 Å². The highest BCUT2D eigenvalue weighted by Gasteiger charge is 2.39. The van der Waals surface area contributed by atoms with Gasteiger partial charge < -0.3 is 14.4 Å². The molecule has 2 aromatic rings. The number of fused-ring (bicyclic) bond motifs is 2. The van der Waals surface area contributed by atoms with E-state index < -0.39 is 0 Å². The number of ether oxygens (including phenoxy) is 2. The number of rotatable bonds is 5. The first-order chi connectivity index (χ1) is 13.7. The Labute approximate surface area is 168 Å². The molecule has 1 atom stereocenters. The zero-order valence-corrected chi connectivity index (χ0v) is 17.0. The molecule has 0 fully saturated rings. The number of nitrogens with zero attached hydrogens (tertiary/aromatic N) is 2. The fraction of sp³-hybridized carbons (Fsp3) is 0.273. The normalized spacial score (nSPS) is 18.3. The van der Waals surface area contributed by atoms with E-state index in [1.165, 1.54) is 0 Å². The van der Waals surface area contributed by atoms with Gasteiger partial charge in [-0.05, 0) is 43.0 Å². The maximum Gasteiger partial charge on any atom is 0.338 e. The summed E-state index contributed by atoms with van der Waals surface area (Å²) in [6.07, 6.45) is 1.97. The second-order valence-electron chi connectivity index (χ2n) is 6.46. The van der Waals surface area contributed by atoms with E-state index in [4.69, 9.17) is 9.47 Å². The van der Waals surface area contributed by atoms with Gasteiger partial charge in [0.15, 0.2) is 5.17 Å². The number of carbonyl (C=O) groups excluding carboxylic acids is 1. The fourth-order valence-electron chi connectivity index (χ4n) is 3.69. The van der Waals surface area contributed by atoms with Crippen LogP contribution in [0.25, 0.3) is 10.8 Å². The molecule has 0 unspecified atom stereocenters. The number of hydrogen-bond donors (Lipinski definition) is 0. The summed E-state index contributed by atoms with van der Waals surface area (Å²) < 4.78 is 11.4. The Hall–Kier alpha value is -2.73. The Morgan fingerprint density at radius 3 is 2.79 bits per heavy atom. The number of carbonyl (C=O) groups is 1. The van der Waals surface area contributed by atoms with Gasteiger partial charge in [0.25, 0.3) is 0 Å². The van der Waals surface area contributed by atoms with Crippen LogP contribution in [0, 0.1) is 0 Å². The first kappa shape index (κ1) is 18.6. The number of amidine groups is 1. The van der Waals surface area contributed by atoms with Gasteiger partial charge in [-0.3, -0.25) is 0 Å². The molecule has 5 nitrogen and oxygen atoms in total. The largest absolute Gasteiger partial charge is 0.493 e. The predicted octanol–water partition coefficient (Wildman–Crippen LogP) is 5.01. The molecule has 0 saturated heterocycles. The van der Waals surface area contributed by atoms with E-state index in [0.29, 0.717) is 24.5 Å². The quantitative estimate of drug-likeness (QED) is 0.668. The third-order valence-electron chi connectivity index (χ3n) is 4.82. The molecule has 0 amide bonds. The van der Waals surface area contributed by atoms with Crippen LogP contribution in [0.4, 0.5) is 0 Å². The van der Waals surface area contributed by atoms with E-state index in [-0.39, 0.29) is 12.0 Å². The number of benzene rings is 2. The summed E-state index contributed by atoms with van der Waals surface area (Å²) in [5.74, 6) is 0.431. The minimum atomic E-state index is -0.356. The lowest BCUT2D eigenvalue weighted by Gasteiger charge is -2.34. The maximum atomic E-state index is 12.9. The summed E-state index contributed by atoms with van der Waals surface area (Å²) in [7, 11) is 0. The van der Waals surface area contributed by atoms with Gasteiger partial charge in [0.2, 0.25) is 0 Å². The first-order valence-electron chi connectivity index (χ1n) is 9.38. The molecule has 2 aliphatic heterocycles. The Balaban J connectivity index is 1.99. The van der Waals surface area contributed by atoms with Crippen molar-refractivity contribution < 1.29 is 14.3 Å². The monoisotopic (exact) mass is 394 g/mol. The molecule has 2 aromatic carbocycles. The van der Waals surface area contributed by atoms with E-state index in [0.717, 1.165) is 27.3 Å². The summed E-state index contributed by atoms with van der Waals surface area (Å²) in [5, 5.41) is 4.99. The molecular weight excluding hydrogens is 372 g/mol. The van der Waals surface area contributed by atoms with E-state index in [1.807, 2.05) is 55.5 Å². The summed E-state index contributed by atoms with van der Waals surface area (Å²) in [6, 6.07) is 11.8. The molecule has 0 radical (unpaired) electrons. The average Bonchev–Trinajstić information content (AvgIpc) is 3.15. The van der Waals surface area contributed by atoms with Gasteiger partial charge in [-0.2, -0.15) is 0 Å². The van der Waals surface area contributed by atoms with Gasteiger partial charge in [0.1, 0.15) is 5.75 Å². The van der Waals surface area contributed by atoms with Crippen molar-refractivity contribution in [3.05, 3.63) is 64.8 Å². The van der Waals surface area contributed by atoms with Crippen LogP contribution >= 0.6 is 11.8 Å². The Bertz CT molecular complexity index is 1030. The highest BCUT2D eigenvalue weighted by atomic mass is 32.2. The van der Waals surface area contributed by atoms with Crippen molar-refractivity contribution in [2.24, 2.45) is 4.99 Å². The van der Waals surface area contributed by atoms with Crippen molar-refractivity contribution in [1.82, 2.24) is 4.90 Å². The van der Waals surface area contributed by atoms with E-state index >= 15 is 0 Å². The Kier molecular flexibility index (Phi) is 5.13. The van der Waals surface area contributed by atoms with Gasteiger partial charge in [0.05, 0.1) is 30.5 Å². The molecule has 0 spiro atoms. The second-order valence-corrected chi connectivity index (χ2v) is 7.33. The Morgan fingerprint density at radius 2 is 2.00 bits per heavy atom. The average molecular weight is 394 g/mol. The zero-order chi connectivity index (χ0) is 19.7. The van der Waals surface area contributed by atoms with Crippen LogP contribution in [-0.4, -0.2) is 29.3 Å². The van der Waals surface area contributed by atoms with Crippen LogP contribution in [0.5, 0.6) is 5.75 Å². The van der Waals surface area contributed by atoms with Gasteiger partial charge in [-0.25, -0.2) is 9.79 Å². The third kappa shape index (κ3) is 3.07. The summed E-state index contributed by atoms with van der Waals surface area (Å²) in [6.45, 7) is 6.51. The highest BCUT2D eigenvalue weighted by Crippen LogP contribution is 2.46. The topological polar surface area (TPSA) is 51.1 Å². The first-order valence-corrected chi connectivity index (χ1v) is 10.3. The summed E-state index contributed by atoms with van der Waals surface area (Å²) in [5.41, 5.74) is 2.19. The van der Waals surface area contributed by atoms with Crippen LogP contribution in [0.1, 0.15) is 32.4 Å². The molecule has 0 saturated carbocycles. The van der Waals surface area contributed by atoms with Gasteiger partial charge in [-0.1, -0.05) is 42.1 Å². The molecule has 28 heavy (non-hydrogen) atoms. The number of esters is 1. The molecule has 0 aromatic heterocycles. The number of aliphatic imine (C=N–C) groups is 1. The minimum absolute atomic E-state index is 0.317. The van der Waals surface area contributed by atoms with Gasteiger partial charge >= 0.3 is 5.97 Å². The van der Waals surface area contributed by atoms with Crippen LogP contribution in [0.3, 0.4) is 0 Å². The molecule has 6 heteroatoms. The predicted molar refractivity (Wildman–Crippen MR) is 113 cm³/mol. The van der Waals surface area contributed by atoms with Crippen LogP contribution in [0.15, 0.2) is 64.3 Å². The van der Waals surface area contributed by atoms with E-state index in [1.54, 1.807) is 11.8 Å². The molecule has 0 bridgehead atoms. The molecular formula is C22H22N2O3S. The lowest BCUT2D eigenvalue weighted by Crippen LogP contribution is -2.34. The van der Waals surface area contributed by atoms with E-state index in [2.05, 4.69) is 23.2 Å². The molecule has 4 rings (SSSR count). The van der Waals surface area contributed by atoms with Crippen molar-refractivity contribution in [2.75, 3.05) is 13.2 Å². The molecule has 144 valence electrons. The number of allylic oxidation sites excluding steroid dienone is 1. The minimum Gasteiger partial charge on any atom is -0.493 e. The van der Waals surface area contributed by atoms with E-state index in [9.17, 15) is 4.79 Å². The van der Waals surface area contributed by atoms with Crippen LogP contribution < -0.4 is 4.74 Å². The fourth-order valence-corrected chi connectivity index (χ4v) is 4.48. The molecule has 0 aliphatic carbocycles. The lowest BCUT2D eigenvalue weighted by molar-refractivity contribution is -0.139. The summed E-state index contributed by atoms with van der Waals surface area (Å²) in [4.78, 5) is 19.6. The van der Waals surface area contributed by atoms with Crippen molar-refractivity contribution in [3.8, 4) is 5.75 Å². The van der Waals surface area contributed by atoms with Gasteiger partial charge in [-0.15, -0.1) is 0 Å². The standard InChI is InChI=1S/C22H22N2O3S/c1-4-26-17-11-10-15-8-6-7-9-16(15)19(17)20-18(21(25)27-5-2)14(3)23-22-24(20)12-13-28-22/h6-13,20H,4-5H2,1-3H3/t20-/m0/s1. The van der Waals surface area contributed by atoms with Crippen molar-refractivity contribution in [1.29, 1.82) is 0 Å². The SMILES string of the molecule is CCOC(=O)C1=C(C)N=C2SC=CN2[C@@H]1c1c(OCC)ccc2ccccc12. The Morgan fingerprint density at radius 1 is 1.18 bits per heavy atom. The van der Waals surface area contributed by atoms with Crippen LogP contribution in [-0.2, 0) is 9.53 Å². The maximum absolute atomic E-state index is 12.9. The zero-order valence-electron chi connectivity index (χ0n) is 16.1. The van der Waals surface area contributed by atoms with Crippen molar-refractivity contribution >= 4 is 33.7 Å². The summed E-state index contributed by atoms with van der Waals surface area (Å²) >= 11 is 1.55. The number of thioether (sulfide) groups is 1. The highest BCUT2D eigenvalue weighted by molar-refractivity contribution is 8.16. The molecule has 0 N–H and O–H groups in total. The van der Waals surface area contributed by atoms with Gasteiger partial charge in [0, 0.05) is 11.8 Å². The lowest BCUT2D eigenvalue weighted by atomic mass is 9.90. The molecule has 2 aliphatic rings. The van der Waals surface area contributed by atoms with Crippen LogP contribution in [0.2, 0.25) is 0 Å². The van der Waals surface area contributed by atoms with Crippen molar-refractivity contribution in [3.63, 3.8) is 0 Å². The smallest absolute Gasteiger partial charge is 0.338 e. The molecule has 2 heterocycles.